The number of rotatable bonds is 1. The van der Waals surface area contributed by atoms with Crippen molar-refractivity contribution in [3.8, 4) is 0 Å². The fourth-order valence-electron chi connectivity index (χ4n) is 3.22. The van der Waals surface area contributed by atoms with Gasteiger partial charge < -0.3 is 4.74 Å². The summed E-state index contributed by atoms with van der Waals surface area (Å²) in [7, 11) is 0. The molecule has 7 nitrogen and oxygen atoms in total. The minimum atomic E-state index is -0.302. The van der Waals surface area contributed by atoms with Gasteiger partial charge in [-0.3, -0.25) is 9.59 Å². The first kappa shape index (κ1) is 9.29. The van der Waals surface area contributed by atoms with E-state index in [0.29, 0.717) is 0 Å². The van der Waals surface area contributed by atoms with Crippen LogP contribution in [-0.2, 0) is 14.3 Å². The van der Waals surface area contributed by atoms with Crippen LogP contribution in [0.4, 0.5) is 0 Å². The Morgan fingerprint density at radius 1 is 1.06 bits per heavy atom. The van der Waals surface area contributed by atoms with E-state index in [9.17, 15) is 9.59 Å². The van der Waals surface area contributed by atoms with Crippen molar-refractivity contribution in [2.24, 2.45) is 11.8 Å². The zero-order valence-electron chi connectivity index (χ0n) is 8.89. The summed E-state index contributed by atoms with van der Waals surface area (Å²) in [5.74, 6) is -0.980. The highest BCUT2D eigenvalue weighted by atomic mass is 16.5. The van der Waals surface area contributed by atoms with Crippen LogP contribution in [0.1, 0.15) is 12.8 Å². The van der Waals surface area contributed by atoms with Gasteiger partial charge in [-0.15, -0.1) is 10.2 Å². The fourth-order valence-corrected chi connectivity index (χ4v) is 3.22. The van der Waals surface area contributed by atoms with E-state index in [0.717, 1.165) is 17.9 Å². The van der Waals surface area contributed by atoms with Crippen LogP contribution in [0.15, 0.2) is 12.7 Å². The fraction of sp³-hybridized carbons (Fsp3) is 0.600. The Hall–Kier alpha value is -1.76. The van der Waals surface area contributed by atoms with Crippen molar-refractivity contribution >= 4 is 11.8 Å². The van der Waals surface area contributed by atoms with Crippen molar-refractivity contribution in [3.05, 3.63) is 12.7 Å². The van der Waals surface area contributed by atoms with E-state index in [1.807, 2.05) is 0 Å². The molecule has 7 heteroatoms. The molecule has 88 valence electrons. The van der Waals surface area contributed by atoms with Gasteiger partial charge >= 0.3 is 0 Å². The van der Waals surface area contributed by atoms with Gasteiger partial charge in [0, 0.05) is 0 Å². The van der Waals surface area contributed by atoms with Crippen molar-refractivity contribution in [2.75, 3.05) is 5.01 Å². The first-order valence-corrected chi connectivity index (χ1v) is 5.65. The minimum absolute atomic E-state index is 0.0806. The summed E-state index contributed by atoms with van der Waals surface area (Å²) in [5.41, 5.74) is 0. The zero-order chi connectivity index (χ0) is 11.6. The maximum atomic E-state index is 12.2. The molecule has 1 aromatic rings. The number of fused-ring (bicyclic) bond motifs is 5. The normalized spacial score (nSPS) is 39.2. The van der Waals surface area contributed by atoms with E-state index in [1.54, 1.807) is 0 Å². The van der Waals surface area contributed by atoms with Gasteiger partial charge in [-0.2, -0.15) is 5.01 Å². The van der Waals surface area contributed by atoms with Gasteiger partial charge in [-0.25, -0.2) is 4.68 Å². The van der Waals surface area contributed by atoms with E-state index in [2.05, 4.69) is 10.2 Å². The molecule has 0 N–H and O–H groups in total. The highest BCUT2D eigenvalue weighted by Crippen LogP contribution is 2.47. The first-order chi connectivity index (χ1) is 8.27. The van der Waals surface area contributed by atoms with Crippen molar-refractivity contribution < 1.29 is 14.3 Å². The van der Waals surface area contributed by atoms with E-state index in [4.69, 9.17) is 4.74 Å². The first-order valence-electron chi connectivity index (χ1n) is 5.65. The van der Waals surface area contributed by atoms with Gasteiger partial charge in [0.1, 0.15) is 12.7 Å². The van der Waals surface area contributed by atoms with Crippen LogP contribution in [0.25, 0.3) is 0 Å². The number of carbonyl (C=O) groups is 2. The monoisotopic (exact) mass is 234 g/mol. The van der Waals surface area contributed by atoms with Gasteiger partial charge in [0.05, 0.1) is 24.0 Å². The maximum Gasteiger partial charge on any atom is 0.255 e. The second kappa shape index (κ2) is 2.92. The molecule has 17 heavy (non-hydrogen) atoms. The number of carbonyl (C=O) groups excluding carboxylic acids is 2. The van der Waals surface area contributed by atoms with Crippen molar-refractivity contribution in [2.45, 2.75) is 25.0 Å². The number of hydrogen-bond donors (Lipinski definition) is 0. The summed E-state index contributed by atoms with van der Waals surface area (Å²) < 4.78 is 6.99. The van der Waals surface area contributed by atoms with Crippen LogP contribution in [0.2, 0.25) is 0 Å². The molecule has 0 aromatic carbocycles. The van der Waals surface area contributed by atoms with Crippen LogP contribution in [0, 0.1) is 11.8 Å². The molecule has 3 aliphatic rings. The number of ether oxygens (including phenoxy) is 1. The molecule has 3 saturated heterocycles. The highest BCUT2D eigenvalue weighted by Gasteiger charge is 2.63. The summed E-state index contributed by atoms with van der Waals surface area (Å²) in [6.07, 6.45) is 4.31. The topological polar surface area (TPSA) is 77.3 Å². The van der Waals surface area contributed by atoms with Crippen molar-refractivity contribution in [1.82, 2.24) is 14.9 Å². The Bertz CT molecular complexity index is 472. The van der Waals surface area contributed by atoms with Crippen LogP contribution < -0.4 is 5.01 Å². The molecule has 2 amide bonds. The van der Waals surface area contributed by atoms with Gasteiger partial charge in [-0.05, 0) is 12.8 Å². The molecule has 2 bridgehead atoms. The molecular weight excluding hydrogens is 224 g/mol. The van der Waals surface area contributed by atoms with Crippen molar-refractivity contribution in [3.63, 3.8) is 0 Å². The van der Waals surface area contributed by atoms with E-state index < -0.39 is 0 Å². The Balaban J connectivity index is 1.77. The Labute approximate surface area is 96.3 Å². The summed E-state index contributed by atoms with van der Waals surface area (Å²) in [6.45, 7) is 0. The molecular formula is C10H10N4O3. The van der Waals surface area contributed by atoms with E-state index in [-0.39, 0.29) is 35.9 Å². The third-order valence-electron chi connectivity index (χ3n) is 3.90. The standard InChI is InChI=1S/C10H10N4O3/c15-9-7-5-1-2-6(17-5)8(7)10(16)14(9)13-3-11-12-4-13/h3-8H,1-2H2/t5-,6-,7-,8+/m1/s1. The largest absolute Gasteiger partial charge is 0.373 e. The van der Waals surface area contributed by atoms with Crippen LogP contribution >= 0.6 is 0 Å². The third kappa shape index (κ3) is 0.998. The number of amides is 2. The second-order valence-corrected chi connectivity index (χ2v) is 4.67. The molecule has 0 aliphatic carbocycles. The number of imide groups is 1. The number of hydrogen-bond acceptors (Lipinski definition) is 5. The molecule has 4 heterocycles. The molecule has 0 radical (unpaired) electrons. The van der Waals surface area contributed by atoms with E-state index >= 15 is 0 Å². The lowest BCUT2D eigenvalue weighted by molar-refractivity contribution is -0.127. The second-order valence-electron chi connectivity index (χ2n) is 4.67. The van der Waals surface area contributed by atoms with Crippen molar-refractivity contribution in [1.29, 1.82) is 0 Å². The van der Waals surface area contributed by atoms with Crippen LogP contribution in [-0.4, -0.2) is 38.9 Å². The van der Waals surface area contributed by atoms with Crippen LogP contribution in [0.5, 0.6) is 0 Å². The Kier molecular flexibility index (Phi) is 1.60. The molecule has 3 fully saturated rings. The smallest absolute Gasteiger partial charge is 0.255 e. The van der Waals surface area contributed by atoms with E-state index in [1.165, 1.54) is 17.3 Å². The lowest BCUT2D eigenvalue weighted by Crippen LogP contribution is -2.42. The molecule has 4 rings (SSSR count). The quantitative estimate of drug-likeness (QED) is 0.587. The average Bonchev–Trinajstić information content (AvgIpc) is 3.03. The molecule has 4 atom stereocenters. The summed E-state index contributed by atoms with van der Waals surface area (Å²) in [6, 6.07) is 0. The molecule has 0 saturated carbocycles. The lowest BCUT2D eigenvalue weighted by atomic mass is 9.81. The molecule has 3 aliphatic heterocycles. The van der Waals surface area contributed by atoms with Crippen LogP contribution in [0.3, 0.4) is 0 Å². The van der Waals surface area contributed by atoms with Gasteiger partial charge in [0.2, 0.25) is 0 Å². The minimum Gasteiger partial charge on any atom is -0.373 e. The Morgan fingerprint density at radius 3 is 2.12 bits per heavy atom. The SMILES string of the molecule is O=C1[C@@H]2[C@H](C(=O)N1n1cnnc1)[C@H]1CC[C@H]2O1. The summed E-state index contributed by atoms with van der Waals surface area (Å²) in [5, 5.41) is 8.38. The highest BCUT2D eigenvalue weighted by molar-refractivity contribution is 6.17. The summed E-state index contributed by atoms with van der Waals surface area (Å²) >= 11 is 0. The Morgan fingerprint density at radius 2 is 1.59 bits per heavy atom. The van der Waals surface area contributed by atoms with Gasteiger partial charge in [0.25, 0.3) is 11.8 Å². The lowest BCUT2D eigenvalue weighted by Gasteiger charge is -2.16. The van der Waals surface area contributed by atoms with Gasteiger partial charge in [-0.1, -0.05) is 0 Å². The van der Waals surface area contributed by atoms with Gasteiger partial charge in [0.15, 0.2) is 0 Å². The predicted octanol–water partition coefficient (Wildman–Crippen LogP) is -0.924. The summed E-state index contributed by atoms with van der Waals surface area (Å²) in [4.78, 5) is 24.5. The third-order valence-corrected chi connectivity index (χ3v) is 3.90. The average molecular weight is 234 g/mol. The zero-order valence-corrected chi connectivity index (χ0v) is 8.89. The number of aromatic nitrogens is 3. The molecule has 0 unspecified atom stereocenters. The molecule has 1 aromatic heterocycles. The molecule has 0 spiro atoms. The maximum absolute atomic E-state index is 12.2. The predicted molar refractivity (Wildman–Crippen MR) is 53.1 cm³/mol. The number of nitrogens with zero attached hydrogens (tertiary/aromatic N) is 4.